The van der Waals surface area contributed by atoms with E-state index in [9.17, 15) is 4.79 Å². The predicted molar refractivity (Wildman–Crippen MR) is 49.3 cm³/mol. The van der Waals surface area contributed by atoms with Crippen LogP contribution < -0.4 is 0 Å². The quantitative estimate of drug-likeness (QED) is 0.409. The molecule has 0 amide bonds. The van der Waals surface area contributed by atoms with E-state index in [1.807, 2.05) is 5.40 Å². The van der Waals surface area contributed by atoms with Gasteiger partial charge in [0.1, 0.15) is 5.40 Å². The molecular formula is C9H7NO2S. The van der Waals surface area contributed by atoms with Gasteiger partial charge >= 0.3 is 5.97 Å². The molecule has 0 atom stereocenters. The van der Waals surface area contributed by atoms with Gasteiger partial charge in [0, 0.05) is 4.90 Å². The molecule has 4 heteroatoms. The summed E-state index contributed by atoms with van der Waals surface area (Å²) >= 11 is 1.06. The molecule has 1 rings (SSSR count). The number of methoxy groups -OCH3 is 1. The lowest BCUT2D eigenvalue weighted by atomic mass is 10.2. The number of rotatable bonds is 2. The standard InChI is InChI=1S/C9H7NO2S/c1-12-9(11)7-2-4-8(5-3-7)13-6-10/h2-5H,1H3. The van der Waals surface area contributed by atoms with Crippen molar-refractivity contribution in [3.8, 4) is 5.40 Å². The van der Waals surface area contributed by atoms with Crippen LogP contribution in [-0.2, 0) is 4.74 Å². The van der Waals surface area contributed by atoms with Gasteiger partial charge in [0.05, 0.1) is 12.7 Å². The third-order valence-corrected chi connectivity index (χ3v) is 2.04. The van der Waals surface area contributed by atoms with Crippen LogP contribution in [0, 0.1) is 10.7 Å². The number of ether oxygens (including phenoxy) is 1. The molecule has 1 aromatic carbocycles. The van der Waals surface area contributed by atoms with E-state index in [1.54, 1.807) is 24.3 Å². The largest absolute Gasteiger partial charge is 0.465 e. The van der Waals surface area contributed by atoms with Crippen LogP contribution in [0.1, 0.15) is 10.4 Å². The van der Waals surface area contributed by atoms with Crippen LogP contribution in [0.4, 0.5) is 0 Å². The Morgan fingerprint density at radius 3 is 2.54 bits per heavy atom. The van der Waals surface area contributed by atoms with Crippen molar-refractivity contribution < 1.29 is 9.53 Å². The Bertz CT molecular complexity index is 340. The third-order valence-electron chi connectivity index (χ3n) is 1.44. The molecule has 0 spiro atoms. The van der Waals surface area contributed by atoms with E-state index in [2.05, 4.69) is 4.74 Å². The van der Waals surface area contributed by atoms with Crippen molar-refractivity contribution in [3.05, 3.63) is 29.8 Å². The zero-order valence-electron chi connectivity index (χ0n) is 6.98. The Morgan fingerprint density at radius 2 is 2.08 bits per heavy atom. The van der Waals surface area contributed by atoms with E-state index in [0.717, 1.165) is 16.7 Å². The van der Waals surface area contributed by atoms with Crippen LogP contribution in [0.25, 0.3) is 0 Å². The van der Waals surface area contributed by atoms with Gasteiger partial charge in [0.2, 0.25) is 0 Å². The van der Waals surface area contributed by atoms with Crippen molar-refractivity contribution in [2.75, 3.05) is 7.11 Å². The summed E-state index contributed by atoms with van der Waals surface area (Å²) < 4.78 is 4.53. The molecule has 0 heterocycles. The van der Waals surface area contributed by atoms with Crippen molar-refractivity contribution in [1.82, 2.24) is 0 Å². The highest BCUT2D eigenvalue weighted by Gasteiger charge is 2.03. The summed E-state index contributed by atoms with van der Waals surface area (Å²) in [5.41, 5.74) is 0.491. The molecule has 0 radical (unpaired) electrons. The lowest BCUT2D eigenvalue weighted by molar-refractivity contribution is 0.0600. The molecule has 3 nitrogen and oxygen atoms in total. The second-order valence-electron chi connectivity index (χ2n) is 2.21. The number of nitriles is 1. The minimum Gasteiger partial charge on any atom is -0.465 e. The number of hydrogen-bond donors (Lipinski definition) is 0. The van der Waals surface area contributed by atoms with Gasteiger partial charge in [0.15, 0.2) is 0 Å². The lowest BCUT2D eigenvalue weighted by Crippen LogP contribution is -1.99. The maximum atomic E-state index is 11.0. The van der Waals surface area contributed by atoms with Crippen molar-refractivity contribution >= 4 is 17.7 Å². The van der Waals surface area contributed by atoms with E-state index < -0.39 is 0 Å². The molecule has 13 heavy (non-hydrogen) atoms. The van der Waals surface area contributed by atoms with Gasteiger partial charge in [-0.3, -0.25) is 0 Å². The fourth-order valence-electron chi connectivity index (χ4n) is 0.830. The summed E-state index contributed by atoms with van der Waals surface area (Å²) in [4.78, 5) is 11.8. The highest BCUT2D eigenvalue weighted by molar-refractivity contribution is 8.03. The third kappa shape index (κ3) is 2.49. The Hall–Kier alpha value is -1.47. The smallest absolute Gasteiger partial charge is 0.337 e. The number of hydrogen-bond acceptors (Lipinski definition) is 4. The topological polar surface area (TPSA) is 50.1 Å². The number of thioether (sulfide) groups is 1. The van der Waals surface area contributed by atoms with Crippen LogP contribution in [0.3, 0.4) is 0 Å². The molecule has 0 saturated carbocycles. The summed E-state index contributed by atoms with van der Waals surface area (Å²) in [5.74, 6) is -0.367. The lowest BCUT2D eigenvalue weighted by Gasteiger charge is -1.98. The minimum absolute atomic E-state index is 0.367. The van der Waals surface area contributed by atoms with Crippen molar-refractivity contribution in [3.63, 3.8) is 0 Å². The fourth-order valence-corrected chi connectivity index (χ4v) is 1.21. The van der Waals surface area contributed by atoms with Crippen molar-refractivity contribution in [2.24, 2.45) is 0 Å². The number of esters is 1. The highest BCUT2D eigenvalue weighted by Crippen LogP contribution is 2.16. The molecule has 0 N–H and O–H groups in total. The zero-order valence-corrected chi connectivity index (χ0v) is 7.80. The summed E-state index contributed by atoms with van der Waals surface area (Å²) in [6.45, 7) is 0. The van der Waals surface area contributed by atoms with Gasteiger partial charge in [-0.2, -0.15) is 5.26 Å². The molecule has 0 aliphatic carbocycles. The van der Waals surface area contributed by atoms with E-state index in [0.29, 0.717) is 5.56 Å². The maximum Gasteiger partial charge on any atom is 0.337 e. The SMILES string of the molecule is COC(=O)c1ccc(SC#N)cc1. The molecular weight excluding hydrogens is 186 g/mol. The number of carbonyl (C=O) groups excluding carboxylic acids is 1. The molecule has 0 aliphatic heterocycles. The molecule has 1 aromatic rings. The van der Waals surface area contributed by atoms with E-state index in [1.165, 1.54) is 7.11 Å². The molecule has 0 saturated heterocycles. The summed E-state index contributed by atoms with van der Waals surface area (Å²) in [5, 5.41) is 10.3. The first kappa shape index (κ1) is 9.62. The molecule has 0 unspecified atom stereocenters. The number of thiocyanates is 1. The summed E-state index contributed by atoms with van der Waals surface area (Å²) in [7, 11) is 1.33. The van der Waals surface area contributed by atoms with Crippen molar-refractivity contribution in [2.45, 2.75) is 4.90 Å². The Morgan fingerprint density at radius 1 is 1.46 bits per heavy atom. The highest BCUT2D eigenvalue weighted by atomic mass is 32.2. The summed E-state index contributed by atoms with van der Waals surface area (Å²) in [6, 6.07) is 6.68. The molecule has 0 aromatic heterocycles. The van der Waals surface area contributed by atoms with Gasteiger partial charge in [-0.05, 0) is 36.0 Å². The van der Waals surface area contributed by atoms with E-state index in [4.69, 9.17) is 5.26 Å². The van der Waals surface area contributed by atoms with Crippen molar-refractivity contribution in [1.29, 1.82) is 5.26 Å². The Kier molecular flexibility index (Phi) is 3.35. The number of carbonyl (C=O) groups is 1. The normalized spacial score (nSPS) is 8.92. The van der Waals surface area contributed by atoms with Gasteiger partial charge in [-0.25, -0.2) is 4.79 Å². The monoisotopic (exact) mass is 193 g/mol. The van der Waals surface area contributed by atoms with E-state index in [-0.39, 0.29) is 5.97 Å². The van der Waals surface area contributed by atoms with Gasteiger partial charge in [-0.1, -0.05) is 0 Å². The van der Waals surface area contributed by atoms with Gasteiger partial charge < -0.3 is 4.74 Å². The molecule has 66 valence electrons. The second-order valence-corrected chi connectivity index (χ2v) is 3.07. The first-order valence-corrected chi connectivity index (χ1v) is 4.34. The summed E-state index contributed by atoms with van der Waals surface area (Å²) in [6.07, 6.45) is 0. The Labute approximate surface area is 80.3 Å². The Balaban J connectivity index is 2.82. The van der Waals surface area contributed by atoms with Crippen LogP contribution in [0.2, 0.25) is 0 Å². The molecule has 0 fully saturated rings. The first-order valence-electron chi connectivity index (χ1n) is 3.52. The van der Waals surface area contributed by atoms with E-state index >= 15 is 0 Å². The number of nitrogens with zero attached hydrogens (tertiary/aromatic N) is 1. The fraction of sp³-hybridized carbons (Fsp3) is 0.111. The average Bonchev–Trinajstić information content (AvgIpc) is 2.18. The van der Waals surface area contributed by atoms with Gasteiger partial charge in [0.25, 0.3) is 0 Å². The minimum atomic E-state index is -0.367. The zero-order chi connectivity index (χ0) is 9.68. The van der Waals surface area contributed by atoms with Crippen LogP contribution in [0.5, 0.6) is 0 Å². The van der Waals surface area contributed by atoms with Crippen LogP contribution in [-0.4, -0.2) is 13.1 Å². The predicted octanol–water partition coefficient (Wildman–Crippen LogP) is 2.05. The molecule has 0 bridgehead atoms. The maximum absolute atomic E-state index is 11.0. The van der Waals surface area contributed by atoms with Gasteiger partial charge in [-0.15, -0.1) is 0 Å². The number of benzene rings is 1. The average molecular weight is 193 g/mol. The first-order chi connectivity index (χ1) is 6.27. The van der Waals surface area contributed by atoms with Crippen LogP contribution >= 0.6 is 11.8 Å². The van der Waals surface area contributed by atoms with Crippen LogP contribution in [0.15, 0.2) is 29.2 Å². The second kappa shape index (κ2) is 4.53. The molecule has 0 aliphatic rings.